The molecule has 0 aromatic carbocycles. The van der Waals surface area contributed by atoms with Crippen LogP contribution in [0.25, 0.3) is 0 Å². The fourth-order valence-corrected chi connectivity index (χ4v) is 9.27. The first-order valence-electron chi connectivity index (χ1n) is 32.6. The Morgan fingerprint density at radius 1 is 0.276 bits per heavy atom. The number of unbranched alkanes of at least 4 members (excludes halogenated alkanes) is 34. The Hall–Kier alpha value is -3.41. The Kier molecular flexibility index (Phi) is 61.2. The predicted molar refractivity (Wildman–Crippen MR) is 330 cm³/mol. The van der Waals surface area contributed by atoms with Crippen molar-refractivity contribution < 1.29 is 28.6 Å². The maximum atomic E-state index is 12.8. The van der Waals surface area contributed by atoms with Crippen molar-refractivity contribution in [2.45, 2.75) is 329 Å². The van der Waals surface area contributed by atoms with Crippen LogP contribution in [0.5, 0.6) is 0 Å². The number of carbonyl (C=O) groups is 3. The van der Waals surface area contributed by atoms with E-state index in [-0.39, 0.29) is 31.1 Å². The molecule has 0 fully saturated rings. The van der Waals surface area contributed by atoms with Crippen LogP contribution in [0.1, 0.15) is 323 Å². The van der Waals surface area contributed by atoms with Gasteiger partial charge in [0.1, 0.15) is 13.2 Å². The summed E-state index contributed by atoms with van der Waals surface area (Å²) in [7, 11) is 0. The van der Waals surface area contributed by atoms with Crippen LogP contribution in [0.15, 0.2) is 85.1 Å². The normalized spacial score (nSPS) is 12.6. The van der Waals surface area contributed by atoms with Crippen LogP contribution in [0, 0.1) is 0 Å². The van der Waals surface area contributed by atoms with Crippen LogP contribution in [0.2, 0.25) is 0 Å². The maximum Gasteiger partial charge on any atom is 0.306 e. The van der Waals surface area contributed by atoms with Crippen molar-refractivity contribution in [3.63, 3.8) is 0 Å². The Labute approximate surface area is 471 Å². The summed E-state index contributed by atoms with van der Waals surface area (Å²) in [4.78, 5) is 38.0. The zero-order valence-electron chi connectivity index (χ0n) is 50.3. The molecule has 0 aliphatic heterocycles. The van der Waals surface area contributed by atoms with E-state index in [2.05, 4.69) is 106 Å². The number of rotatable bonds is 59. The van der Waals surface area contributed by atoms with Gasteiger partial charge in [0, 0.05) is 19.3 Å². The average molecular weight is 1060 g/mol. The maximum absolute atomic E-state index is 12.8. The molecule has 0 aromatic heterocycles. The smallest absolute Gasteiger partial charge is 0.306 e. The number of carbonyl (C=O) groups excluding carboxylic acids is 3. The van der Waals surface area contributed by atoms with Crippen LogP contribution in [0.4, 0.5) is 0 Å². The molecule has 0 aliphatic rings. The quantitative estimate of drug-likeness (QED) is 0.0261. The zero-order valence-corrected chi connectivity index (χ0v) is 50.3. The van der Waals surface area contributed by atoms with E-state index < -0.39 is 6.10 Å². The van der Waals surface area contributed by atoms with Gasteiger partial charge in [0.2, 0.25) is 0 Å². The van der Waals surface area contributed by atoms with Crippen molar-refractivity contribution in [2.24, 2.45) is 0 Å². The number of allylic oxidation sites excluding steroid dienone is 14. The third-order valence-corrected chi connectivity index (χ3v) is 14.1. The van der Waals surface area contributed by atoms with Gasteiger partial charge < -0.3 is 14.2 Å². The lowest BCUT2D eigenvalue weighted by molar-refractivity contribution is -0.167. The second-order valence-electron chi connectivity index (χ2n) is 21.6. The van der Waals surface area contributed by atoms with Crippen molar-refractivity contribution in [1.82, 2.24) is 0 Å². The minimum atomic E-state index is -0.782. The monoisotopic (exact) mass is 1060 g/mol. The lowest BCUT2D eigenvalue weighted by atomic mass is 10.0. The van der Waals surface area contributed by atoms with Crippen molar-refractivity contribution in [3.05, 3.63) is 85.1 Å². The molecule has 438 valence electrons. The molecule has 0 saturated carbocycles. The lowest BCUT2D eigenvalue weighted by Crippen LogP contribution is -2.30. The molecule has 6 nitrogen and oxygen atoms in total. The Morgan fingerprint density at radius 3 is 0.816 bits per heavy atom. The molecule has 1 unspecified atom stereocenters. The lowest BCUT2D eigenvalue weighted by Gasteiger charge is -2.18. The van der Waals surface area contributed by atoms with Crippen molar-refractivity contribution >= 4 is 17.9 Å². The molecule has 1 atom stereocenters. The van der Waals surface area contributed by atoms with Crippen molar-refractivity contribution in [2.75, 3.05) is 13.2 Å². The number of esters is 3. The van der Waals surface area contributed by atoms with E-state index in [1.165, 1.54) is 173 Å². The number of hydrogen-bond donors (Lipinski definition) is 0. The highest BCUT2D eigenvalue weighted by Gasteiger charge is 2.19. The van der Waals surface area contributed by atoms with Gasteiger partial charge in [-0.25, -0.2) is 0 Å². The van der Waals surface area contributed by atoms with E-state index in [1.54, 1.807) is 0 Å². The Balaban J connectivity index is 4.10. The molecule has 0 bridgehead atoms. The molecular formula is C70H122O6. The van der Waals surface area contributed by atoms with Gasteiger partial charge in [0.05, 0.1) is 0 Å². The van der Waals surface area contributed by atoms with Gasteiger partial charge in [-0.3, -0.25) is 14.4 Å². The molecule has 0 aliphatic carbocycles. The van der Waals surface area contributed by atoms with Gasteiger partial charge in [-0.2, -0.15) is 0 Å². The number of hydrogen-bond acceptors (Lipinski definition) is 6. The van der Waals surface area contributed by atoms with E-state index in [0.29, 0.717) is 19.3 Å². The molecule has 0 rings (SSSR count). The summed E-state index contributed by atoms with van der Waals surface area (Å²) in [5.74, 6) is -0.894. The van der Waals surface area contributed by atoms with Crippen LogP contribution < -0.4 is 0 Å². The first kappa shape index (κ1) is 72.6. The average Bonchev–Trinajstić information content (AvgIpc) is 3.42. The molecule has 0 aromatic rings. The van der Waals surface area contributed by atoms with Gasteiger partial charge >= 0.3 is 17.9 Å². The highest BCUT2D eigenvalue weighted by Crippen LogP contribution is 2.17. The minimum Gasteiger partial charge on any atom is -0.462 e. The summed E-state index contributed by atoms with van der Waals surface area (Å²) in [5.41, 5.74) is 0. The Bertz CT molecular complexity index is 1450. The van der Waals surface area contributed by atoms with Crippen molar-refractivity contribution in [3.8, 4) is 0 Å². The second kappa shape index (κ2) is 64.1. The summed E-state index contributed by atoms with van der Waals surface area (Å²) in [6.45, 7) is 6.48. The fourth-order valence-electron chi connectivity index (χ4n) is 9.27. The SMILES string of the molecule is CC/C=C\C/C=C\C/C=C\C/C=C\C/C=C\C/C=C\CCCCCCCCC(=O)OC(COC(=O)CCCCCCCC)COC(=O)CCCCCCCCCCCCCCCCC/C=C\CCCCCCCCCC. The summed E-state index contributed by atoms with van der Waals surface area (Å²) >= 11 is 0. The minimum absolute atomic E-state index is 0.0804. The van der Waals surface area contributed by atoms with Gasteiger partial charge in [-0.15, -0.1) is 0 Å². The summed E-state index contributed by atoms with van der Waals surface area (Å²) < 4.78 is 16.8. The third kappa shape index (κ3) is 61.4. The molecule has 0 amide bonds. The third-order valence-electron chi connectivity index (χ3n) is 14.1. The molecule has 0 heterocycles. The van der Waals surface area contributed by atoms with Crippen LogP contribution in [-0.2, 0) is 28.6 Å². The largest absolute Gasteiger partial charge is 0.462 e. The van der Waals surface area contributed by atoms with E-state index in [4.69, 9.17) is 14.2 Å². The topological polar surface area (TPSA) is 78.9 Å². The molecular weight excluding hydrogens is 937 g/mol. The second-order valence-corrected chi connectivity index (χ2v) is 21.6. The first-order valence-corrected chi connectivity index (χ1v) is 32.6. The van der Waals surface area contributed by atoms with Crippen LogP contribution in [-0.4, -0.2) is 37.2 Å². The van der Waals surface area contributed by atoms with E-state index in [9.17, 15) is 14.4 Å². The highest BCUT2D eigenvalue weighted by atomic mass is 16.6. The summed E-state index contributed by atoms with van der Waals surface area (Å²) in [5, 5.41) is 0. The molecule has 0 spiro atoms. The number of ether oxygens (including phenoxy) is 3. The van der Waals surface area contributed by atoms with E-state index in [1.807, 2.05) is 0 Å². The van der Waals surface area contributed by atoms with Gasteiger partial charge in [-0.1, -0.05) is 292 Å². The molecule has 0 saturated heterocycles. The van der Waals surface area contributed by atoms with Gasteiger partial charge in [-0.05, 0) is 96.3 Å². The van der Waals surface area contributed by atoms with Gasteiger partial charge in [0.15, 0.2) is 6.10 Å². The zero-order chi connectivity index (χ0) is 55.0. The van der Waals surface area contributed by atoms with E-state index in [0.717, 1.165) is 109 Å². The summed E-state index contributed by atoms with van der Waals surface area (Å²) in [6.07, 6.45) is 84.9. The van der Waals surface area contributed by atoms with Crippen LogP contribution >= 0.6 is 0 Å². The molecule has 6 heteroatoms. The van der Waals surface area contributed by atoms with Gasteiger partial charge in [0.25, 0.3) is 0 Å². The Morgan fingerprint density at radius 2 is 0.513 bits per heavy atom. The van der Waals surface area contributed by atoms with E-state index >= 15 is 0 Å². The highest BCUT2D eigenvalue weighted by molar-refractivity contribution is 5.71. The summed E-state index contributed by atoms with van der Waals surface area (Å²) in [6, 6.07) is 0. The molecule has 76 heavy (non-hydrogen) atoms. The predicted octanol–water partition coefficient (Wildman–Crippen LogP) is 22.3. The van der Waals surface area contributed by atoms with Crippen LogP contribution in [0.3, 0.4) is 0 Å². The fraction of sp³-hybridized carbons (Fsp3) is 0.757. The molecule has 0 N–H and O–H groups in total. The van der Waals surface area contributed by atoms with Crippen molar-refractivity contribution in [1.29, 1.82) is 0 Å². The molecule has 0 radical (unpaired) electrons. The first-order chi connectivity index (χ1) is 37.5. The standard InChI is InChI=1S/C70H122O6/c1-4-7-10-13-16-18-20-22-24-26-28-30-32-34-35-37-38-40-42-44-46-48-50-52-54-57-60-63-69(72)75-66-67(65-74-68(71)62-59-56-15-12-9-6-3)76-70(73)64-61-58-55-53-51-49-47-45-43-41-39-36-33-31-29-27-25-23-21-19-17-14-11-8-5-2/h8,11,17,19,23,25-26,28-29,31,36,39,43,45,67H,4-7,9-10,12-16,18,20-22,24,27,30,32-35,37-38,40-42,44,46-66H2,1-3H3/b11-8-,19-17-,25-23-,28-26-,31-29-,39-36-,45-43-.